The van der Waals surface area contributed by atoms with Crippen LogP contribution in [0.2, 0.25) is 19.6 Å². The summed E-state index contributed by atoms with van der Waals surface area (Å²) in [7, 11) is 5.78. The van der Waals surface area contributed by atoms with Gasteiger partial charge in [-0.2, -0.15) is 0 Å². The minimum atomic E-state index is -1.49. The normalized spacial score (nSPS) is 10.7. The molecule has 0 aromatic heterocycles. The first kappa shape index (κ1) is 14.8. The van der Waals surface area contributed by atoms with Gasteiger partial charge in [0, 0.05) is 8.80 Å². The molecule has 0 saturated carbocycles. The monoisotopic (exact) mass is 540 g/mol. The molecule has 9 heavy (non-hydrogen) atoms. The molecule has 0 aromatic rings. The molecule has 0 spiro atoms. The van der Waals surface area contributed by atoms with Crippen molar-refractivity contribution in [1.82, 2.24) is 0 Å². The maximum absolute atomic E-state index is 5.66. The van der Waals surface area contributed by atoms with Gasteiger partial charge in [0.1, 0.15) is 0 Å². The van der Waals surface area contributed by atoms with Crippen molar-refractivity contribution in [3.05, 3.63) is 0 Å². The molecule has 0 fully saturated rings. The van der Waals surface area contributed by atoms with Gasteiger partial charge in [-0.25, -0.2) is 0 Å². The predicted molar refractivity (Wildman–Crippen MR) is 71.3 cm³/mol. The van der Waals surface area contributed by atoms with Crippen molar-refractivity contribution in [3.8, 4) is 0 Å². The average Bonchev–Trinajstić information content (AvgIpc) is 1.19. The molecule has 58 valence electrons. The first-order valence-corrected chi connectivity index (χ1v) is 20.6. The van der Waals surface area contributed by atoms with Gasteiger partial charge in [-0.05, 0) is 0 Å². The Morgan fingerprint density at radius 1 is 1.11 bits per heavy atom. The predicted octanol–water partition coefficient (Wildman–Crippen LogP) is 4.71. The minimum absolute atomic E-state index is 0.120. The summed E-state index contributed by atoms with van der Waals surface area (Å²) in [5.41, 5.74) is 0. The third-order valence-electron chi connectivity index (χ3n) is 0. The van der Waals surface area contributed by atoms with Gasteiger partial charge in [-0.15, -0.1) is 0 Å². The van der Waals surface area contributed by atoms with Crippen LogP contribution in [0.25, 0.3) is 0 Å². The van der Waals surface area contributed by atoms with E-state index in [1.807, 2.05) is 0 Å². The molecule has 0 saturated heterocycles. The molecule has 0 aliphatic rings. The van der Waals surface area contributed by atoms with Crippen molar-refractivity contribution in [2.75, 3.05) is 0 Å². The molecule has 0 atom stereocenters. The van der Waals surface area contributed by atoms with Gasteiger partial charge in [0.15, 0.2) is 0 Å². The summed E-state index contributed by atoms with van der Waals surface area (Å²) in [4.78, 5) is 0. The zero-order valence-electron chi connectivity index (χ0n) is 5.46. The number of hydrogen-bond donors (Lipinski definition) is 0. The molecule has 0 aliphatic heterocycles. The molecule has 6 heteroatoms. The number of hydrogen-bond acceptors (Lipinski definition) is 0. The van der Waals surface area contributed by atoms with Crippen LogP contribution in [0.3, 0.4) is 0 Å². The molecule has 0 aromatic carbocycles. The summed E-state index contributed by atoms with van der Waals surface area (Å²) in [6.07, 6.45) is 0. The summed E-state index contributed by atoms with van der Waals surface area (Å²) in [6, 6.07) is 0. The first-order valence-electron chi connectivity index (χ1n) is 2.18. The van der Waals surface area contributed by atoms with E-state index in [4.69, 9.17) is 9.85 Å². The van der Waals surface area contributed by atoms with E-state index in [-0.39, 0.29) is 8.80 Å². The fraction of sp³-hybridized carbons (Fsp3) is 1.00. The van der Waals surface area contributed by atoms with Gasteiger partial charge in [0.25, 0.3) is 0 Å². The molecule has 0 aliphatic carbocycles. The van der Waals surface area contributed by atoms with E-state index < -0.39 is 2.83 Å². The molecule has 1 radical (unpaired) electrons. The molecule has 0 unspecified atom stereocenters. The van der Waals surface area contributed by atoms with Gasteiger partial charge in [-0.1, -0.05) is 19.6 Å². The van der Waals surface area contributed by atoms with Gasteiger partial charge in [0.05, 0.1) is 0 Å². The van der Waals surface area contributed by atoms with Crippen molar-refractivity contribution >= 4 is 78.6 Å². The number of rotatable bonds is 0. The Bertz CT molecular complexity index is 55.8. The van der Waals surface area contributed by atoms with Gasteiger partial charge in [-0.3, -0.25) is 0 Å². The van der Waals surface area contributed by atoms with E-state index in [1.54, 1.807) is 0 Å². The molecule has 0 amide bonds. The zero-order chi connectivity index (χ0) is 8.08. The molecule has 0 nitrogen and oxygen atoms in total. The Labute approximate surface area is 98.8 Å². The van der Waals surface area contributed by atoms with E-state index in [1.165, 1.54) is 0 Å². The van der Waals surface area contributed by atoms with Crippen LogP contribution < -0.4 is 0 Å². The van der Waals surface area contributed by atoms with Crippen molar-refractivity contribution in [1.29, 1.82) is 0 Å². The molecular weight excluding hydrogens is 531 g/mol. The molecular formula is C3H9ClI3SiV. The summed E-state index contributed by atoms with van der Waals surface area (Å²) in [6.45, 7) is 6.81. The van der Waals surface area contributed by atoms with Crippen molar-refractivity contribution in [2.45, 2.75) is 19.6 Å². The van der Waals surface area contributed by atoms with Crippen molar-refractivity contribution in [3.63, 3.8) is 0 Å². The fourth-order valence-electron chi connectivity index (χ4n) is 0. The third-order valence-corrected chi connectivity index (χ3v) is 0. The number of halogens is 4. The molecule has 0 N–H and O–H groups in total. The van der Waals surface area contributed by atoms with Crippen LogP contribution in [-0.2, 0) is 2.83 Å². The van der Waals surface area contributed by atoms with Crippen LogP contribution in [0.1, 0.15) is 0 Å². The van der Waals surface area contributed by atoms with Crippen LogP contribution in [0.15, 0.2) is 0 Å². The second kappa shape index (κ2) is 7.91. The Balaban J connectivity index is 0. The second-order valence-electron chi connectivity index (χ2n) is 1.88. The summed E-state index contributed by atoms with van der Waals surface area (Å²) >= 11 is 6.86. The van der Waals surface area contributed by atoms with Crippen LogP contribution in [0, 0.1) is 0 Å². The quantitative estimate of drug-likeness (QED) is 0.309. The fourth-order valence-corrected chi connectivity index (χ4v) is 0. The summed E-state index contributed by atoms with van der Waals surface area (Å²) < 4.78 is -1.49. The van der Waals surface area contributed by atoms with Crippen molar-refractivity contribution < 1.29 is 2.83 Å². The Hall–Kier alpha value is 3.28. The first-order chi connectivity index (χ1) is 3.73. The van der Waals surface area contributed by atoms with Crippen LogP contribution >= 0.6 is 69.8 Å². The summed E-state index contributed by atoms with van der Waals surface area (Å²) in [5.74, 6) is 0. The topological polar surface area (TPSA) is 0 Å². The van der Waals surface area contributed by atoms with E-state index in [2.05, 4.69) is 79.6 Å². The van der Waals surface area contributed by atoms with E-state index in [0.29, 0.717) is 0 Å². The third kappa shape index (κ3) is 90.3. The SMILES string of the molecule is C[Si](C)C.[Cl][V]([I])([I])[I]. The van der Waals surface area contributed by atoms with Gasteiger partial charge in [0.2, 0.25) is 0 Å². The Kier molecular flexibility index (Phi) is 13.0. The van der Waals surface area contributed by atoms with Crippen LogP contribution in [0.5, 0.6) is 0 Å². The standard InChI is InChI=1S/C3H9Si.ClH.3HI.V/c1-4(2)3;;;;;/h1-3H3;4*1H;/q;;;;;+4/p-4. The van der Waals surface area contributed by atoms with E-state index in [0.717, 1.165) is 0 Å². The van der Waals surface area contributed by atoms with Crippen LogP contribution in [-0.4, -0.2) is 8.80 Å². The Morgan fingerprint density at radius 3 is 1.11 bits per heavy atom. The maximum atomic E-state index is 5.66. The molecule has 0 bridgehead atoms. The Morgan fingerprint density at radius 2 is 1.11 bits per heavy atom. The van der Waals surface area contributed by atoms with Crippen LogP contribution in [0.4, 0.5) is 0 Å². The van der Waals surface area contributed by atoms with Gasteiger partial charge < -0.3 is 0 Å². The van der Waals surface area contributed by atoms with Crippen molar-refractivity contribution in [2.24, 2.45) is 0 Å². The zero-order valence-corrected chi connectivity index (χ0v) is 15.1. The van der Waals surface area contributed by atoms with E-state index in [9.17, 15) is 0 Å². The van der Waals surface area contributed by atoms with Gasteiger partial charge >= 0.3 is 72.6 Å². The summed E-state index contributed by atoms with van der Waals surface area (Å²) in [5, 5.41) is 0. The second-order valence-corrected chi connectivity index (χ2v) is 56.0. The molecule has 0 rings (SSSR count). The van der Waals surface area contributed by atoms with E-state index >= 15 is 0 Å². The molecule has 0 heterocycles. The average molecular weight is 540 g/mol.